The van der Waals surface area contributed by atoms with E-state index in [9.17, 15) is 9.90 Å². The number of fused-ring (bicyclic) bond motifs is 1. The standard InChI is InChI=1S/C12H21NO3/c1-2-16-11(14)5-6-12(15)7-9-13-8-3-4-10(12)13/h10,15H,2-9H2,1H3. The molecule has 0 saturated carbocycles. The van der Waals surface area contributed by atoms with Crippen molar-refractivity contribution in [3.8, 4) is 0 Å². The third kappa shape index (κ3) is 2.23. The number of hydrogen-bond acceptors (Lipinski definition) is 4. The summed E-state index contributed by atoms with van der Waals surface area (Å²) in [6.07, 6.45) is 3.93. The lowest BCUT2D eigenvalue weighted by atomic mass is 9.88. The minimum Gasteiger partial charge on any atom is -0.466 e. The number of rotatable bonds is 4. The summed E-state index contributed by atoms with van der Waals surface area (Å²) in [6.45, 7) is 4.31. The summed E-state index contributed by atoms with van der Waals surface area (Å²) in [7, 11) is 0. The van der Waals surface area contributed by atoms with Crippen LogP contribution in [0.25, 0.3) is 0 Å². The number of ether oxygens (including phenoxy) is 1. The predicted molar refractivity (Wildman–Crippen MR) is 60.0 cm³/mol. The summed E-state index contributed by atoms with van der Waals surface area (Å²) in [5.41, 5.74) is -0.650. The van der Waals surface area contributed by atoms with E-state index in [1.165, 1.54) is 6.42 Å². The van der Waals surface area contributed by atoms with Gasteiger partial charge in [-0.05, 0) is 39.2 Å². The number of carbonyl (C=O) groups is 1. The molecule has 0 aromatic carbocycles. The Morgan fingerprint density at radius 2 is 2.38 bits per heavy atom. The number of carbonyl (C=O) groups excluding carboxylic acids is 1. The average molecular weight is 227 g/mol. The number of aliphatic hydroxyl groups is 1. The molecule has 2 rings (SSSR count). The second kappa shape index (κ2) is 4.72. The van der Waals surface area contributed by atoms with Gasteiger partial charge in [0.25, 0.3) is 0 Å². The van der Waals surface area contributed by atoms with Gasteiger partial charge in [-0.15, -0.1) is 0 Å². The maximum Gasteiger partial charge on any atom is 0.305 e. The van der Waals surface area contributed by atoms with Gasteiger partial charge < -0.3 is 9.84 Å². The molecule has 2 aliphatic rings. The Hall–Kier alpha value is -0.610. The Kier molecular flexibility index (Phi) is 3.50. The van der Waals surface area contributed by atoms with E-state index < -0.39 is 5.60 Å². The molecule has 16 heavy (non-hydrogen) atoms. The highest BCUT2D eigenvalue weighted by atomic mass is 16.5. The lowest BCUT2D eigenvalue weighted by Gasteiger charge is -2.29. The van der Waals surface area contributed by atoms with Crippen LogP contribution in [0.4, 0.5) is 0 Å². The van der Waals surface area contributed by atoms with Crippen LogP contribution in [0.1, 0.15) is 39.0 Å². The van der Waals surface area contributed by atoms with E-state index in [4.69, 9.17) is 4.74 Å². The molecule has 0 spiro atoms. The highest BCUT2D eigenvalue weighted by molar-refractivity contribution is 5.69. The van der Waals surface area contributed by atoms with Gasteiger partial charge in [0.15, 0.2) is 0 Å². The predicted octanol–water partition coefficient (Wildman–Crippen LogP) is 0.929. The van der Waals surface area contributed by atoms with Crippen molar-refractivity contribution in [2.75, 3.05) is 19.7 Å². The fourth-order valence-electron chi connectivity index (χ4n) is 3.05. The van der Waals surface area contributed by atoms with Crippen molar-refractivity contribution >= 4 is 5.97 Å². The van der Waals surface area contributed by atoms with Crippen molar-refractivity contribution in [3.63, 3.8) is 0 Å². The molecule has 2 saturated heterocycles. The molecule has 2 fully saturated rings. The van der Waals surface area contributed by atoms with Crippen molar-refractivity contribution in [2.45, 2.75) is 50.7 Å². The first-order valence-corrected chi connectivity index (χ1v) is 6.28. The zero-order valence-electron chi connectivity index (χ0n) is 9.95. The number of nitrogens with zero attached hydrogens (tertiary/aromatic N) is 1. The van der Waals surface area contributed by atoms with Gasteiger partial charge in [0, 0.05) is 19.0 Å². The summed E-state index contributed by atoms with van der Waals surface area (Å²) in [6, 6.07) is 0.280. The van der Waals surface area contributed by atoms with Crippen molar-refractivity contribution in [3.05, 3.63) is 0 Å². The fraction of sp³-hybridized carbons (Fsp3) is 0.917. The normalized spacial score (nSPS) is 34.0. The second-order valence-electron chi connectivity index (χ2n) is 4.85. The third-order valence-corrected chi connectivity index (χ3v) is 3.88. The van der Waals surface area contributed by atoms with Crippen molar-refractivity contribution in [1.82, 2.24) is 4.90 Å². The Balaban J connectivity index is 1.86. The number of hydrogen-bond donors (Lipinski definition) is 1. The quantitative estimate of drug-likeness (QED) is 0.726. The van der Waals surface area contributed by atoms with Gasteiger partial charge in [-0.3, -0.25) is 9.69 Å². The minimum absolute atomic E-state index is 0.188. The molecule has 0 radical (unpaired) electrons. The highest BCUT2D eigenvalue weighted by Gasteiger charge is 2.47. The van der Waals surface area contributed by atoms with Crippen LogP contribution >= 0.6 is 0 Å². The van der Waals surface area contributed by atoms with Gasteiger partial charge in [0.2, 0.25) is 0 Å². The zero-order chi connectivity index (χ0) is 11.6. The van der Waals surface area contributed by atoms with Crippen LogP contribution in [0.3, 0.4) is 0 Å². The van der Waals surface area contributed by atoms with Gasteiger partial charge in [-0.1, -0.05) is 0 Å². The topological polar surface area (TPSA) is 49.8 Å². The molecule has 2 unspecified atom stereocenters. The molecule has 2 heterocycles. The van der Waals surface area contributed by atoms with Crippen LogP contribution in [0.5, 0.6) is 0 Å². The smallest absolute Gasteiger partial charge is 0.305 e. The summed E-state index contributed by atoms with van der Waals surface area (Å²) in [4.78, 5) is 13.6. The Labute approximate surface area is 96.6 Å². The highest BCUT2D eigenvalue weighted by Crippen LogP contribution is 2.38. The Morgan fingerprint density at radius 3 is 3.12 bits per heavy atom. The number of esters is 1. The summed E-state index contributed by atoms with van der Waals surface area (Å²) in [5.74, 6) is -0.188. The first-order valence-electron chi connectivity index (χ1n) is 6.28. The molecule has 0 aromatic heterocycles. The van der Waals surface area contributed by atoms with E-state index in [1.807, 2.05) is 0 Å². The molecule has 0 aromatic rings. The van der Waals surface area contributed by atoms with Gasteiger partial charge in [0.1, 0.15) is 0 Å². The molecule has 2 aliphatic heterocycles. The van der Waals surface area contributed by atoms with E-state index in [0.717, 1.165) is 25.9 Å². The van der Waals surface area contributed by atoms with E-state index in [2.05, 4.69) is 4.90 Å². The molecule has 4 nitrogen and oxygen atoms in total. The largest absolute Gasteiger partial charge is 0.466 e. The van der Waals surface area contributed by atoms with Crippen LogP contribution in [0.2, 0.25) is 0 Å². The first-order chi connectivity index (χ1) is 7.65. The molecule has 1 N–H and O–H groups in total. The molecule has 2 atom stereocenters. The maximum absolute atomic E-state index is 11.3. The van der Waals surface area contributed by atoms with E-state index in [0.29, 0.717) is 19.4 Å². The first kappa shape index (κ1) is 11.9. The van der Waals surface area contributed by atoms with Crippen LogP contribution in [-0.2, 0) is 9.53 Å². The molecule has 0 amide bonds. The molecule has 0 bridgehead atoms. The second-order valence-corrected chi connectivity index (χ2v) is 4.85. The van der Waals surface area contributed by atoms with Gasteiger partial charge in [-0.2, -0.15) is 0 Å². The lowest BCUT2D eigenvalue weighted by Crippen LogP contribution is -2.41. The van der Waals surface area contributed by atoms with Crippen LogP contribution in [0, 0.1) is 0 Å². The third-order valence-electron chi connectivity index (χ3n) is 3.88. The van der Waals surface area contributed by atoms with E-state index in [1.54, 1.807) is 6.92 Å². The zero-order valence-corrected chi connectivity index (χ0v) is 9.95. The van der Waals surface area contributed by atoms with Crippen molar-refractivity contribution < 1.29 is 14.6 Å². The van der Waals surface area contributed by atoms with Gasteiger partial charge in [-0.25, -0.2) is 0 Å². The molecule has 0 aliphatic carbocycles. The monoisotopic (exact) mass is 227 g/mol. The average Bonchev–Trinajstić information content (AvgIpc) is 2.82. The Morgan fingerprint density at radius 1 is 1.56 bits per heavy atom. The van der Waals surface area contributed by atoms with Crippen molar-refractivity contribution in [1.29, 1.82) is 0 Å². The summed E-state index contributed by atoms with van der Waals surface area (Å²) >= 11 is 0. The van der Waals surface area contributed by atoms with E-state index >= 15 is 0 Å². The molecule has 4 heteroatoms. The van der Waals surface area contributed by atoms with E-state index in [-0.39, 0.29) is 12.0 Å². The van der Waals surface area contributed by atoms with Gasteiger partial charge >= 0.3 is 5.97 Å². The summed E-state index contributed by atoms with van der Waals surface area (Å²) in [5, 5.41) is 10.5. The van der Waals surface area contributed by atoms with Crippen molar-refractivity contribution in [2.24, 2.45) is 0 Å². The molecule has 92 valence electrons. The summed E-state index contributed by atoms with van der Waals surface area (Å²) < 4.78 is 4.89. The minimum atomic E-state index is -0.650. The van der Waals surface area contributed by atoms with Crippen LogP contribution in [0.15, 0.2) is 0 Å². The molecular formula is C12H21NO3. The Bertz CT molecular complexity index is 269. The van der Waals surface area contributed by atoms with Gasteiger partial charge in [0.05, 0.1) is 12.2 Å². The fourth-order valence-corrected chi connectivity index (χ4v) is 3.05. The lowest BCUT2D eigenvalue weighted by molar-refractivity contribution is -0.144. The van der Waals surface area contributed by atoms with Crippen LogP contribution in [-0.4, -0.2) is 47.3 Å². The SMILES string of the molecule is CCOC(=O)CCC1(O)CCN2CCCC21. The molecular weight excluding hydrogens is 206 g/mol. The van der Waals surface area contributed by atoms with Crippen LogP contribution < -0.4 is 0 Å². The maximum atomic E-state index is 11.3.